The fourth-order valence-electron chi connectivity index (χ4n) is 2.24. The van der Waals surface area contributed by atoms with Gasteiger partial charge in [-0.15, -0.1) is 11.3 Å². The number of carbonyl (C=O) groups is 1. The van der Waals surface area contributed by atoms with Gasteiger partial charge >= 0.3 is 0 Å². The number of ether oxygens (including phenoxy) is 1. The zero-order chi connectivity index (χ0) is 17.6. The minimum absolute atomic E-state index is 0.240. The van der Waals surface area contributed by atoms with Gasteiger partial charge in [0.2, 0.25) is 0 Å². The summed E-state index contributed by atoms with van der Waals surface area (Å²) in [6, 6.07) is 18.3. The molecule has 0 aliphatic carbocycles. The van der Waals surface area contributed by atoms with Crippen LogP contribution in [0.3, 0.4) is 0 Å². The Kier molecular flexibility index (Phi) is 5.07. The van der Waals surface area contributed by atoms with Crippen LogP contribution in [0, 0.1) is 18.3 Å². The highest BCUT2D eigenvalue weighted by Crippen LogP contribution is 2.22. The molecule has 0 saturated heterocycles. The second-order valence-corrected chi connectivity index (χ2v) is 6.35. The number of anilines is 1. The van der Waals surface area contributed by atoms with E-state index in [1.165, 1.54) is 11.3 Å². The van der Waals surface area contributed by atoms with Crippen molar-refractivity contribution in [3.05, 3.63) is 75.7 Å². The largest absolute Gasteiger partial charge is 0.486 e. The molecule has 5 nitrogen and oxygen atoms in total. The van der Waals surface area contributed by atoms with E-state index in [2.05, 4.69) is 16.4 Å². The Hall–Kier alpha value is -3.17. The van der Waals surface area contributed by atoms with E-state index in [0.29, 0.717) is 28.4 Å². The van der Waals surface area contributed by atoms with Gasteiger partial charge in [0.25, 0.3) is 5.91 Å². The number of thiazole rings is 1. The van der Waals surface area contributed by atoms with Crippen LogP contribution < -0.4 is 10.1 Å². The van der Waals surface area contributed by atoms with Gasteiger partial charge < -0.3 is 10.1 Å². The van der Waals surface area contributed by atoms with Gasteiger partial charge in [-0.3, -0.25) is 4.79 Å². The van der Waals surface area contributed by atoms with E-state index in [1.807, 2.05) is 30.3 Å². The van der Waals surface area contributed by atoms with Crippen LogP contribution in [0.15, 0.2) is 54.6 Å². The van der Waals surface area contributed by atoms with Gasteiger partial charge in [-0.1, -0.05) is 24.3 Å². The summed E-state index contributed by atoms with van der Waals surface area (Å²) < 4.78 is 5.67. The minimum Gasteiger partial charge on any atom is -0.486 e. The lowest BCUT2D eigenvalue weighted by atomic mass is 10.2. The molecule has 0 unspecified atom stereocenters. The van der Waals surface area contributed by atoms with Crippen molar-refractivity contribution >= 4 is 22.9 Å². The molecular weight excluding hydrogens is 334 g/mol. The number of rotatable bonds is 5. The Balaban J connectivity index is 1.69. The van der Waals surface area contributed by atoms with Gasteiger partial charge in [0.15, 0.2) is 0 Å². The zero-order valence-electron chi connectivity index (χ0n) is 13.5. The first kappa shape index (κ1) is 16.7. The summed E-state index contributed by atoms with van der Waals surface area (Å²) in [7, 11) is 0. The smallest absolute Gasteiger partial charge is 0.267 e. The number of hydrogen-bond acceptors (Lipinski definition) is 5. The summed E-state index contributed by atoms with van der Waals surface area (Å²) in [5.41, 5.74) is 1.74. The summed E-state index contributed by atoms with van der Waals surface area (Å²) in [6.45, 7) is 2.11. The average molecular weight is 349 g/mol. The van der Waals surface area contributed by atoms with E-state index in [-0.39, 0.29) is 5.91 Å². The number of nitrogens with zero attached hydrogens (tertiary/aromatic N) is 2. The number of para-hydroxylation sites is 1. The third-order valence-electron chi connectivity index (χ3n) is 3.40. The molecule has 1 heterocycles. The molecule has 0 saturated carbocycles. The summed E-state index contributed by atoms with van der Waals surface area (Å²) in [4.78, 5) is 17.4. The van der Waals surface area contributed by atoms with Gasteiger partial charge in [-0.2, -0.15) is 5.26 Å². The highest BCUT2D eigenvalue weighted by Gasteiger charge is 2.16. The van der Waals surface area contributed by atoms with Crippen molar-refractivity contribution in [2.24, 2.45) is 0 Å². The third-order valence-corrected chi connectivity index (χ3v) is 4.53. The topological polar surface area (TPSA) is 75.0 Å². The highest BCUT2D eigenvalue weighted by molar-refractivity contribution is 7.13. The Morgan fingerprint density at radius 1 is 1.24 bits per heavy atom. The maximum atomic E-state index is 12.5. The van der Waals surface area contributed by atoms with E-state index in [1.54, 1.807) is 31.2 Å². The van der Waals surface area contributed by atoms with Crippen molar-refractivity contribution in [2.45, 2.75) is 13.5 Å². The van der Waals surface area contributed by atoms with Crippen LogP contribution in [0.2, 0.25) is 0 Å². The van der Waals surface area contributed by atoms with Gasteiger partial charge in [-0.05, 0) is 37.3 Å². The second-order valence-electron chi connectivity index (χ2n) is 5.27. The molecule has 1 N–H and O–H groups in total. The first-order chi connectivity index (χ1) is 12.2. The molecule has 1 aromatic heterocycles. The van der Waals surface area contributed by atoms with Gasteiger partial charge in [0, 0.05) is 5.69 Å². The number of nitriles is 1. The number of benzene rings is 2. The van der Waals surface area contributed by atoms with Crippen LogP contribution in [-0.4, -0.2) is 10.9 Å². The maximum absolute atomic E-state index is 12.5. The fraction of sp³-hybridized carbons (Fsp3) is 0.105. The predicted octanol–water partition coefficient (Wildman–Crippen LogP) is 4.15. The first-order valence-electron chi connectivity index (χ1n) is 7.61. The van der Waals surface area contributed by atoms with E-state index in [0.717, 1.165) is 10.8 Å². The summed E-state index contributed by atoms with van der Waals surface area (Å²) in [6.07, 6.45) is 0. The Morgan fingerprint density at radius 3 is 2.80 bits per heavy atom. The third kappa shape index (κ3) is 4.22. The molecule has 0 aliphatic heterocycles. The van der Waals surface area contributed by atoms with Gasteiger partial charge in [0.05, 0.1) is 17.3 Å². The molecule has 3 aromatic rings. The molecule has 124 valence electrons. The van der Waals surface area contributed by atoms with Crippen molar-refractivity contribution in [1.82, 2.24) is 4.98 Å². The molecule has 0 radical (unpaired) electrons. The maximum Gasteiger partial charge on any atom is 0.267 e. The van der Waals surface area contributed by atoms with E-state index < -0.39 is 0 Å². The number of nitrogens with one attached hydrogen (secondary N) is 1. The van der Waals surface area contributed by atoms with Crippen molar-refractivity contribution < 1.29 is 9.53 Å². The van der Waals surface area contributed by atoms with Crippen molar-refractivity contribution in [3.63, 3.8) is 0 Å². The van der Waals surface area contributed by atoms with E-state index in [4.69, 9.17) is 10.00 Å². The molecule has 2 aromatic carbocycles. The summed E-state index contributed by atoms with van der Waals surface area (Å²) in [5.74, 6) is 0.519. The number of aryl methyl sites for hydroxylation is 1. The first-order valence-corrected chi connectivity index (χ1v) is 8.43. The number of hydrogen-bond donors (Lipinski definition) is 1. The fourth-order valence-corrected chi connectivity index (χ4v) is 3.11. The quantitative estimate of drug-likeness (QED) is 0.751. The SMILES string of the molecule is Cc1nc(COc2ccccc2)sc1C(=O)Nc1cccc(C#N)c1. The lowest BCUT2D eigenvalue weighted by molar-refractivity contribution is 0.103. The van der Waals surface area contributed by atoms with Crippen LogP contribution in [0.4, 0.5) is 5.69 Å². The second kappa shape index (κ2) is 7.60. The van der Waals surface area contributed by atoms with E-state index in [9.17, 15) is 4.79 Å². The molecule has 0 aliphatic rings. The Morgan fingerprint density at radius 2 is 2.04 bits per heavy atom. The standard InChI is InChI=1S/C19H15N3O2S/c1-13-18(19(23)22-15-7-5-6-14(10-15)11-20)25-17(21-13)12-24-16-8-3-2-4-9-16/h2-10H,12H2,1H3,(H,22,23). The molecule has 25 heavy (non-hydrogen) atoms. The Labute approximate surface area is 149 Å². The van der Waals surface area contributed by atoms with Crippen LogP contribution in [0.5, 0.6) is 5.75 Å². The van der Waals surface area contributed by atoms with Gasteiger partial charge in [0.1, 0.15) is 22.2 Å². The van der Waals surface area contributed by atoms with E-state index >= 15 is 0 Å². The normalized spacial score (nSPS) is 10.1. The summed E-state index contributed by atoms with van der Waals surface area (Å²) in [5, 5.41) is 12.5. The number of aromatic nitrogens is 1. The molecule has 0 spiro atoms. The average Bonchev–Trinajstić information content (AvgIpc) is 3.02. The highest BCUT2D eigenvalue weighted by atomic mass is 32.1. The zero-order valence-corrected chi connectivity index (χ0v) is 14.3. The molecule has 6 heteroatoms. The van der Waals surface area contributed by atoms with Gasteiger partial charge in [-0.25, -0.2) is 4.98 Å². The Bertz CT molecular complexity index is 929. The molecule has 0 atom stereocenters. The van der Waals surface area contributed by atoms with Crippen molar-refractivity contribution in [2.75, 3.05) is 5.32 Å². The summed E-state index contributed by atoms with van der Waals surface area (Å²) >= 11 is 1.30. The van der Waals surface area contributed by atoms with Crippen LogP contribution >= 0.6 is 11.3 Å². The van der Waals surface area contributed by atoms with Crippen LogP contribution in [0.1, 0.15) is 25.9 Å². The van der Waals surface area contributed by atoms with Crippen molar-refractivity contribution in [1.29, 1.82) is 5.26 Å². The van der Waals surface area contributed by atoms with Crippen molar-refractivity contribution in [3.8, 4) is 11.8 Å². The van der Waals surface area contributed by atoms with Crippen LogP contribution in [0.25, 0.3) is 0 Å². The minimum atomic E-state index is -0.240. The molecule has 0 bridgehead atoms. The number of carbonyl (C=O) groups excluding carboxylic acids is 1. The lowest BCUT2D eigenvalue weighted by Gasteiger charge is -2.04. The molecule has 0 fully saturated rings. The molecule has 1 amide bonds. The van der Waals surface area contributed by atoms with Crippen LogP contribution in [-0.2, 0) is 6.61 Å². The number of amides is 1. The predicted molar refractivity (Wildman–Crippen MR) is 96.7 cm³/mol. The lowest BCUT2D eigenvalue weighted by Crippen LogP contribution is -2.11. The molecule has 3 rings (SSSR count). The molecular formula is C19H15N3O2S. The monoisotopic (exact) mass is 349 g/mol.